The SMILES string of the molecule is CCCC[B-](C)(C)C. The first kappa shape index (κ1) is 8.06. The maximum absolute atomic E-state index is 2.36. The van der Waals surface area contributed by atoms with E-state index in [0.717, 1.165) is 0 Å². The van der Waals surface area contributed by atoms with E-state index in [-0.39, 0.29) is 6.15 Å². The van der Waals surface area contributed by atoms with Gasteiger partial charge in [-0.1, -0.05) is 19.8 Å². The second kappa shape index (κ2) is 3.16. The summed E-state index contributed by atoms with van der Waals surface area (Å²) < 4.78 is 0. The molecule has 0 amide bonds. The number of hydrogen-bond acceptors (Lipinski definition) is 0. The van der Waals surface area contributed by atoms with Crippen molar-refractivity contribution < 1.29 is 0 Å². The second-order valence-corrected chi connectivity index (χ2v) is 4.10. The predicted molar refractivity (Wildman–Crippen MR) is 43.1 cm³/mol. The van der Waals surface area contributed by atoms with Gasteiger partial charge < -0.3 is 0 Å². The Morgan fingerprint density at radius 2 is 1.62 bits per heavy atom. The van der Waals surface area contributed by atoms with E-state index < -0.39 is 0 Å². The molecule has 0 saturated heterocycles. The fourth-order valence-corrected chi connectivity index (χ4v) is 0.816. The van der Waals surface area contributed by atoms with Crippen LogP contribution >= 0.6 is 0 Å². The Labute approximate surface area is 53.6 Å². The Morgan fingerprint density at radius 1 is 1.12 bits per heavy atom. The van der Waals surface area contributed by atoms with Crippen LogP contribution in [0.1, 0.15) is 19.8 Å². The van der Waals surface area contributed by atoms with Crippen molar-refractivity contribution in [2.45, 2.75) is 46.6 Å². The van der Waals surface area contributed by atoms with E-state index in [2.05, 4.69) is 27.4 Å². The predicted octanol–water partition coefficient (Wildman–Crippen LogP) is 3.12. The zero-order valence-corrected chi connectivity index (χ0v) is 6.70. The van der Waals surface area contributed by atoms with Crippen LogP contribution in [0.5, 0.6) is 0 Å². The zero-order chi connectivity index (χ0) is 6.62. The molecular weight excluding hydrogens is 94.9 g/mol. The summed E-state index contributed by atoms with van der Waals surface area (Å²) in [6, 6.07) is 0. The lowest BCUT2D eigenvalue weighted by Crippen LogP contribution is -2.18. The third-order valence-corrected chi connectivity index (χ3v) is 1.42. The average molecular weight is 113 g/mol. The maximum atomic E-state index is 2.36. The summed E-state index contributed by atoms with van der Waals surface area (Å²) in [5.74, 6) is 0. The maximum Gasteiger partial charge on any atom is -0.00850 e. The van der Waals surface area contributed by atoms with E-state index in [9.17, 15) is 0 Å². The van der Waals surface area contributed by atoms with Crippen molar-refractivity contribution in [1.29, 1.82) is 0 Å². The van der Waals surface area contributed by atoms with Gasteiger partial charge in [0, 0.05) is 0 Å². The van der Waals surface area contributed by atoms with Crippen LogP contribution in [0.2, 0.25) is 26.8 Å². The Kier molecular flexibility index (Phi) is 3.19. The van der Waals surface area contributed by atoms with Gasteiger partial charge in [-0.25, -0.2) is 0 Å². The highest BCUT2D eigenvalue weighted by Crippen LogP contribution is 2.11. The highest BCUT2D eigenvalue weighted by Gasteiger charge is 2.02. The topological polar surface area (TPSA) is 0 Å². The molecule has 0 nitrogen and oxygen atoms in total. The molecule has 50 valence electrons. The van der Waals surface area contributed by atoms with Gasteiger partial charge in [-0.2, -0.15) is 26.8 Å². The second-order valence-electron chi connectivity index (χ2n) is 4.10. The van der Waals surface area contributed by atoms with Gasteiger partial charge in [0.15, 0.2) is 0 Å². The summed E-state index contributed by atoms with van der Waals surface area (Å²) in [6.07, 6.45) is 4.18. The Bertz CT molecular complexity index is 51.9. The molecule has 0 bridgehead atoms. The molecule has 8 heavy (non-hydrogen) atoms. The van der Waals surface area contributed by atoms with Crippen molar-refractivity contribution in [2.24, 2.45) is 0 Å². The monoisotopic (exact) mass is 113 g/mol. The van der Waals surface area contributed by atoms with Crippen LogP contribution in [-0.4, -0.2) is 6.15 Å². The van der Waals surface area contributed by atoms with Crippen LogP contribution in [0.25, 0.3) is 0 Å². The first-order valence-electron chi connectivity index (χ1n) is 3.85. The lowest BCUT2D eigenvalue weighted by atomic mass is 9.28. The smallest absolute Gasteiger partial charge is 0.00850 e. The normalized spacial score (nSPS) is 12.0. The molecule has 0 aliphatic carbocycles. The Hall–Kier alpha value is 0.0649. The van der Waals surface area contributed by atoms with Crippen LogP contribution in [0.15, 0.2) is 0 Å². The van der Waals surface area contributed by atoms with Crippen molar-refractivity contribution in [3.05, 3.63) is 0 Å². The highest BCUT2D eigenvalue weighted by atomic mass is 13.8. The first-order valence-corrected chi connectivity index (χ1v) is 3.85. The van der Waals surface area contributed by atoms with Gasteiger partial charge >= 0.3 is 0 Å². The highest BCUT2D eigenvalue weighted by molar-refractivity contribution is 6.76. The van der Waals surface area contributed by atoms with E-state index in [1.165, 1.54) is 19.2 Å². The summed E-state index contributed by atoms with van der Waals surface area (Å²) >= 11 is 0. The molecule has 0 atom stereocenters. The Morgan fingerprint density at radius 3 is 1.75 bits per heavy atom. The van der Waals surface area contributed by atoms with Gasteiger partial charge in [0.25, 0.3) is 0 Å². The molecule has 0 rings (SSSR count). The largest absolute Gasteiger partial charge is 0.190 e. The van der Waals surface area contributed by atoms with Crippen LogP contribution < -0.4 is 0 Å². The molecule has 0 aromatic rings. The van der Waals surface area contributed by atoms with Crippen LogP contribution in [0.3, 0.4) is 0 Å². The third-order valence-electron chi connectivity index (χ3n) is 1.42. The molecule has 0 aliphatic heterocycles. The molecule has 0 aliphatic rings. The standard InChI is InChI=1S/C7H18B/c1-5-6-7-8(2,3)4/h5-7H2,1-4H3/q-1. The van der Waals surface area contributed by atoms with E-state index in [0.29, 0.717) is 0 Å². The van der Waals surface area contributed by atoms with Gasteiger partial charge in [0.05, 0.1) is 0 Å². The van der Waals surface area contributed by atoms with Crippen LogP contribution in [-0.2, 0) is 0 Å². The minimum Gasteiger partial charge on any atom is -0.190 e. The number of hydrogen-bond donors (Lipinski definition) is 0. The summed E-state index contributed by atoms with van der Waals surface area (Å²) in [6.45, 7) is 9.32. The van der Waals surface area contributed by atoms with E-state index in [1.807, 2.05) is 0 Å². The molecule has 1 heteroatoms. The van der Waals surface area contributed by atoms with E-state index >= 15 is 0 Å². The van der Waals surface area contributed by atoms with Gasteiger partial charge in [0.2, 0.25) is 0 Å². The number of unbranched alkanes of at least 4 members (excludes halogenated alkanes) is 1. The average Bonchev–Trinajstić information content (AvgIpc) is 1.59. The lowest BCUT2D eigenvalue weighted by Gasteiger charge is -2.21. The van der Waals surface area contributed by atoms with Crippen LogP contribution in [0.4, 0.5) is 0 Å². The van der Waals surface area contributed by atoms with Crippen molar-refractivity contribution >= 4 is 6.15 Å². The quantitative estimate of drug-likeness (QED) is 0.493. The molecule has 0 aromatic carbocycles. The van der Waals surface area contributed by atoms with Crippen molar-refractivity contribution in [1.82, 2.24) is 0 Å². The summed E-state index contributed by atoms with van der Waals surface area (Å²) in [7, 11) is 0. The molecular formula is C7H18B-. The zero-order valence-electron chi connectivity index (χ0n) is 6.70. The Balaban J connectivity index is 3.11. The fraction of sp³-hybridized carbons (Fsp3) is 1.00. The van der Waals surface area contributed by atoms with E-state index in [4.69, 9.17) is 0 Å². The molecule has 0 fully saturated rings. The number of rotatable bonds is 3. The minimum absolute atomic E-state index is 0.00181. The minimum atomic E-state index is -0.00181. The molecule has 0 radical (unpaired) electrons. The molecule has 0 spiro atoms. The lowest BCUT2D eigenvalue weighted by molar-refractivity contribution is 0.868. The summed E-state index contributed by atoms with van der Waals surface area (Å²) in [5, 5.41) is 0. The molecule has 0 N–H and O–H groups in total. The molecule has 0 saturated carbocycles. The van der Waals surface area contributed by atoms with E-state index in [1.54, 1.807) is 0 Å². The summed E-state index contributed by atoms with van der Waals surface area (Å²) in [4.78, 5) is 0. The van der Waals surface area contributed by atoms with Gasteiger partial charge in [-0.05, 0) is 6.15 Å². The summed E-state index contributed by atoms with van der Waals surface area (Å²) in [5.41, 5.74) is 0. The fourth-order valence-electron chi connectivity index (χ4n) is 0.816. The van der Waals surface area contributed by atoms with Crippen molar-refractivity contribution in [3.63, 3.8) is 0 Å². The first-order chi connectivity index (χ1) is 3.56. The molecule has 0 aromatic heterocycles. The van der Waals surface area contributed by atoms with Crippen LogP contribution in [0, 0.1) is 0 Å². The molecule has 0 heterocycles. The third kappa shape index (κ3) is 6.06. The van der Waals surface area contributed by atoms with Gasteiger partial charge in [0.1, 0.15) is 0 Å². The van der Waals surface area contributed by atoms with Gasteiger partial charge in [-0.3, -0.25) is 0 Å². The van der Waals surface area contributed by atoms with Crippen molar-refractivity contribution in [2.75, 3.05) is 0 Å². The molecule has 0 unspecified atom stereocenters. The van der Waals surface area contributed by atoms with Gasteiger partial charge in [-0.15, -0.1) is 0 Å². The van der Waals surface area contributed by atoms with Crippen molar-refractivity contribution in [3.8, 4) is 0 Å².